The number of H-pyrrole nitrogens is 1. The third kappa shape index (κ3) is 2.29. The maximum atomic E-state index is 3.61. The van der Waals surface area contributed by atoms with Crippen LogP contribution in [0.1, 0.15) is 0 Å². The molecule has 0 atom stereocenters. The lowest BCUT2D eigenvalue weighted by atomic mass is 10.0. The Morgan fingerprint density at radius 1 is 0.704 bits per heavy atom. The second-order valence-corrected chi connectivity index (χ2v) is 7.82. The van der Waals surface area contributed by atoms with Crippen LogP contribution in [0, 0.1) is 6.07 Å². The van der Waals surface area contributed by atoms with Crippen LogP contribution in [0.25, 0.3) is 32.9 Å². The third-order valence-corrected chi connectivity index (χ3v) is 6.24. The Bertz CT molecular complexity index is 1330. The number of fused-ring (bicyclic) bond motifs is 5. The van der Waals surface area contributed by atoms with Crippen molar-refractivity contribution >= 4 is 44.9 Å². The first-order valence-electron chi connectivity index (χ1n) is 8.97. The van der Waals surface area contributed by atoms with E-state index in [-0.39, 0.29) is 0 Å². The highest BCUT2D eigenvalue weighted by molar-refractivity contribution is 7.99. The van der Waals surface area contributed by atoms with Crippen molar-refractivity contribution in [2.75, 3.05) is 5.32 Å². The molecule has 1 aliphatic heterocycles. The number of aromatic amines is 1. The van der Waals surface area contributed by atoms with Crippen LogP contribution >= 0.6 is 11.8 Å². The van der Waals surface area contributed by atoms with Gasteiger partial charge in [-0.1, -0.05) is 66.4 Å². The first kappa shape index (κ1) is 14.9. The standard InChI is InChI=1S/C24H15N2S/c1-2-9-19-17(6-1)18-8-5-7-16(24(18)26-19)15-12-13-23-21(14-15)25-20-10-3-4-11-22(20)27-23/h1-13,25-26H. The van der Waals surface area contributed by atoms with E-state index in [1.165, 1.54) is 37.2 Å². The van der Waals surface area contributed by atoms with E-state index in [4.69, 9.17) is 0 Å². The Kier molecular flexibility index (Phi) is 3.13. The number of para-hydroxylation sites is 3. The van der Waals surface area contributed by atoms with Crippen LogP contribution in [0.5, 0.6) is 0 Å². The number of nitrogens with one attached hydrogen (secondary N) is 2. The zero-order valence-corrected chi connectivity index (χ0v) is 15.2. The van der Waals surface area contributed by atoms with Crippen LogP contribution in [-0.4, -0.2) is 4.98 Å². The van der Waals surface area contributed by atoms with Gasteiger partial charge in [0, 0.05) is 37.7 Å². The molecule has 0 fully saturated rings. The summed E-state index contributed by atoms with van der Waals surface area (Å²) in [6.45, 7) is 0. The van der Waals surface area contributed by atoms with E-state index in [0.29, 0.717) is 0 Å². The molecule has 2 nitrogen and oxygen atoms in total. The van der Waals surface area contributed by atoms with Gasteiger partial charge in [0.05, 0.1) is 16.9 Å². The molecule has 6 rings (SSSR count). The smallest absolute Gasteiger partial charge is 0.0613 e. The van der Waals surface area contributed by atoms with E-state index in [1.807, 2.05) is 0 Å². The molecule has 0 bridgehead atoms. The Morgan fingerprint density at radius 3 is 2.56 bits per heavy atom. The number of aromatic nitrogens is 1. The number of anilines is 2. The molecule has 0 aliphatic carbocycles. The summed E-state index contributed by atoms with van der Waals surface area (Å²) in [7, 11) is 0. The summed E-state index contributed by atoms with van der Waals surface area (Å²) < 4.78 is 0. The summed E-state index contributed by atoms with van der Waals surface area (Å²) in [6.07, 6.45) is 0. The zero-order valence-electron chi connectivity index (χ0n) is 14.4. The van der Waals surface area contributed by atoms with Crippen molar-refractivity contribution in [2.24, 2.45) is 0 Å². The van der Waals surface area contributed by atoms with Gasteiger partial charge in [-0.3, -0.25) is 0 Å². The van der Waals surface area contributed by atoms with Gasteiger partial charge < -0.3 is 10.3 Å². The number of benzene rings is 4. The van der Waals surface area contributed by atoms with E-state index in [0.717, 1.165) is 16.9 Å². The minimum Gasteiger partial charge on any atom is -0.354 e. The Morgan fingerprint density at radius 2 is 1.56 bits per heavy atom. The van der Waals surface area contributed by atoms with Gasteiger partial charge in [-0.05, 0) is 29.8 Å². The Labute approximate surface area is 161 Å². The van der Waals surface area contributed by atoms with Gasteiger partial charge in [-0.2, -0.15) is 0 Å². The molecule has 1 aliphatic rings. The molecule has 127 valence electrons. The highest BCUT2D eigenvalue weighted by Crippen LogP contribution is 2.45. The average Bonchev–Trinajstić information content (AvgIpc) is 3.10. The lowest BCUT2D eigenvalue weighted by molar-refractivity contribution is 1.31. The molecule has 0 unspecified atom stereocenters. The first-order valence-corrected chi connectivity index (χ1v) is 9.78. The van der Waals surface area contributed by atoms with Crippen molar-refractivity contribution in [3.8, 4) is 11.1 Å². The van der Waals surface area contributed by atoms with Crippen LogP contribution in [0.3, 0.4) is 0 Å². The topological polar surface area (TPSA) is 27.8 Å². The number of hydrogen-bond donors (Lipinski definition) is 2. The van der Waals surface area contributed by atoms with E-state index in [9.17, 15) is 0 Å². The second kappa shape index (κ2) is 5.66. The molecule has 0 saturated heterocycles. The van der Waals surface area contributed by atoms with E-state index in [2.05, 4.69) is 95.2 Å². The van der Waals surface area contributed by atoms with Crippen LogP contribution < -0.4 is 5.32 Å². The fourth-order valence-corrected chi connectivity index (χ4v) is 4.78. The third-order valence-electron chi connectivity index (χ3n) is 5.11. The monoisotopic (exact) mass is 363 g/mol. The van der Waals surface area contributed by atoms with Crippen molar-refractivity contribution in [1.29, 1.82) is 0 Å². The van der Waals surface area contributed by atoms with Gasteiger partial charge in [0.25, 0.3) is 0 Å². The van der Waals surface area contributed by atoms with Crippen LogP contribution in [0.2, 0.25) is 0 Å². The van der Waals surface area contributed by atoms with Crippen LogP contribution in [0.15, 0.2) is 88.7 Å². The molecule has 1 aromatic heterocycles. The van der Waals surface area contributed by atoms with E-state index in [1.54, 1.807) is 11.8 Å². The fourth-order valence-electron chi connectivity index (χ4n) is 3.82. The largest absolute Gasteiger partial charge is 0.354 e. The summed E-state index contributed by atoms with van der Waals surface area (Å²) in [4.78, 5) is 6.06. The van der Waals surface area contributed by atoms with Crippen molar-refractivity contribution in [1.82, 2.24) is 4.98 Å². The molecule has 0 saturated carbocycles. The van der Waals surface area contributed by atoms with Crippen molar-refractivity contribution < 1.29 is 0 Å². The first-order chi connectivity index (χ1) is 13.4. The predicted octanol–water partition coefficient (Wildman–Crippen LogP) is 7.00. The minimum atomic E-state index is 1.05. The molecular formula is C24H15N2S. The Hall–Kier alpha value is -3.17. The summed E-state index contributed by atoms with van der Waals surface area (Å²) in [5, 5.41) is 6.05. The molecular weight excluding hydrogens is 348 g/mol. The second-order valence-electron chi connectivity index (χ2n) is 6.73. The molecule has 3 heteroatoms. The summed E-state index contributed by atoms with van der Waals surface area (Å²) in [6, 6.07) is 31.3. The van der Waals surface area contributed by atoms with Gasteiger partial charge in [-0.15, -0.1) is 0 Å². The summed E-state index contributed by atoms with van der Waals surface area (Å²) >= 11 is 1.79. The van der Waals surface area contributed by atoms with Crippen molar-refractivity contribution in [3.05, 3.63) is 84.9 Å². The van der Waals surface area contributed by atoms with Gasteiger partial charge in [0.1, 0.15) is 0 Å². The normalized spacial score (nSPS) is 12.6. The Balaban J connectivity index is 1.53. The minimum absolute atomic E-state index is 1.05. The molecule has 1 radical (unpaired) electrons. The number of hydrogen-bond acceptors (Lipinski definition) is 2. The molecule has 4 aromatic carbocycles. The predicted molar refractivity (Wildman–Crippen MR) is 114 cm³/mol. The van der Waals surface area contributed by atoms with Crippen LogP contribution in [-0.2, 0) is 0 Å². The molecule has 0 amide bonds. The summed E-state index contributed by atoms with van der Waals surface area (Å²) in [5.41, 5.74) is 6.80. The SMILES string of the molecule is [c]1c(-c2cccc3c2[nH]c2ccccc23)ccc2c1Nc1ccccc1S2. The van der Waals surface area contributed by atoms with Gasteiger partial charge in [0.15, 0.2) is 0 Å². The molecule has 5 aromatic rings. The number of rotatable bonds is 1. The zero-order chi connectivity index (χ0) is 17.8. The van der Waals surface area contributed by atoms with Crippen molar-refractivity contribution in [3.63, 3.8) is 0 Å². The molecule has 2 N–H and O–H groups in total. The average molecular weight is 363 g/mol. The quantitative estimate of drug-likeness (QED) is 0.329. The van der Waals surface area contributed by atoms with E-state index < -0.39 is 0 Å². The maximum Gasteiger partial charge on any atom is 0.0613 e. The molecule has 0 spiro atoms. The molecule has 27 heavy (non-hydrogen) atoms. The highest BCUT2D eigenvalue weighted by atomic mass is 32.2. The summed E-state index contributed by atoms with van der Waals surface area (Å²) in [5.74, 6) is 0. The van der Waals surface area contributed by atoms with Gasteiger partial charge >= 0.3 is 0 Å². The fraction of sp³-hybridized carbons (Fsp3) is 0. The lowest BCUT2D eigenvalue weighted by Crippen LogP contribution is -2.00. The van der Waals surface area contributed by atoms with E-state index >= 15 is 0 Å². The van der Waals surface area contributed by atoms with Crippen molar-refractivity contribution in [2.45, 2.75) is 9.79 Å². The lowest BCUT2D eigenvalue weighted by Gasteiger charge is -2.21. The van der Waals surface area contributed by atoms with Crippen LogP contribution in [0.4, 0.5) is 11.4 Å². The van der Waals surface area contributed by atoms with Gasteiger partial charge in [0.2, 0.25) is 0 Å². The van der Waals surface area contributed by atoms with Gasteiger partial charge in [-0.25, -0.2) is 0 Å². The highest BCUT2D eigenvalue weighted by Gasteiger charge is 2.17. The molecule has 2 heterocycles. The maximum absolute atomic E-state index is 3.61.